The molecule has 0 saturated carbocycles. The van der Waals surface area contributed by atoms with E-state index in [2.05, 4.69) is 0 Å². The molecule has 0 aliphatic rings. The zero-order valence-electron chi connectivity index (χ0n) is 11.0. The van der Waals surface area contributed by atoms with Gasteiger partial charge in [0, 0.05) is 18.9 Å². The van der Waals surface area contributed by atoms with Gasteiger partial charge in [-0.05, 0) is 17.5 Å². The van der Waals surface area contributed by atoms with Gasteiger partial charge in [0.15, 0.2) is 0 Å². The van der Waals surface area contributed by atoms with Gasteiger partial charge in [-0.15, -0.1) is 0 Å². The third-order valence-corrected chi connectivity index (χ3v) is 3.10. The zero-order chi connectivity index (χ0) is 14.6. The van der Waals surface area contributed by atoms with Crippen LogP contribution in [0.25, 0.3) is 0 Å². The van der Waals surface area contributed by atoms with Crippen molar-refractivity contribution in [1.29, 1.82) is 0 Å². The molecule has 2 nitrogen and oxygen atoms in total. The summed E-state index contributed by atoms with van der Waals surface area (Å²) < 4.78 is 37.7. The van der Waals surface area contributed by atoms with Crippen LogP contribution in [0.3, 0.4) is 0 Å². The summed E-state index contributed by atoms with van der Waals surface area (Å²) in [6.07, 6.45) is -4.39. The Kier molecular flexibility index (Phi) is 5.11. The lowest BCUT2D eigenvalue weighted by molar-refractivity contribution is -0.137. The Morgan fingerprint density at radius 3 is 2.42 bits per heavy atom. The fourth-order valence-electron chi connectivity index (χ4n) is 1.97. The third kappa shape index (κ3) is 4.35. The molecular formula is C14H18F3NO. The van der Waals surface area contributed by atoms with Crippen LogP contribution in [-0.2, 0) is 17.4 Å². The lowest BCUT2D eigenvalue weighted by Gasteiger charge is -2.17. The van der Waals surface area contributed by atoms with Crippen molar-refractivity contribution in [3.8, 4) is 0 Å². The Hall–Kier alpha value is -1.36. The quantitative estimate of drug-likeness (QED) is 0.896. The predicted octanol–water partition coefficient (Wildman–Crippen LogP) is 3.05. The van der Waals surface area contributed by atoms with E-state index in [1.165, 1.54) is 12.1 Å². The van der Waals surface area contributed by atoms with E-state index in [4.69, 9.17) is 5.73 Å². The van der Waals surface area contributed by atoms with Gasteiger partial charge in [0.1, 0.15) is 5.78 Å². The van der Waals surface area contributed by atoms with Gasteiger partial charge in [-0.1, -0.05) is 32.0 Å². The van der Waals surface area contributed by atoms with Crippen molar-refractivity contribution in [3.05, 3.63) is 35.4 Å². The molecule has 0 radical (unpaired) electrons. The SMILES string of the molecule is CC(C)C(CN)C(=O)Cc1cccc(C(F)(F)F)c1. The van der Waals surface area contributed by atoms with Crippen molar-refractivity contribution in [1.82, 2.24) is 0 Å². The summed E-state index contributed by atoms with van der Waals surface area (Å²) in [7, 11) is 0. The number of ketones is 1. The Labute approximate surface area is 110 Å². The van der Waals surface area contributed by atoms with Gasteiger partial charge in [-0.25, -0.2) is 0 Å². The second-order valence-electron chi connectivity index (χ2n) is 4.93. The van der Waals surface area contributed by atoms with Crippen molar-refractivity contribution in [2.45, 2.75) is 26.4 Å². The standard InChI is InChI=1S/C14H18F3NO/c1-9(2)12(8-18)13(19)7-10-4-3-5-11(6-10)14(15,16)17/h3-6,9,12H,7-8,18H2,1-2H3. The molecule has 0 fully saturated rings. The monoisotopic (exact) mass is 273 g/mol. The summed E-state index contributed by atoms with van der Waals surface area (Å²) >= 11 is 0. The number of hydrogen-bond donors (Lipinski definition) is 1. The first-order chi connectivity index (χ1) is 8.75. The smallest absolute Gasteiger partial charge is 0.330 e. The molecule has 5 heteroatoms. The lowest BCUT2D eigenvalue weighted by Crippen LogP contribution is -2.29. The van der Waals surface area contributed by atoms with Crippen molar-refractivity contribution in [3.63, 3.8) is 0 Å². The van der Waals surface area contributed by atoms with Crippen LogP contribution in [-0.4, -0.2) is 12.3 Å². The van der Waals surface area contributed by atoms with E-state index in [1.807, 2.05) is 13.8 Å². The molecule has 1 unspecified atom stereocenters. The van der Waals surface area contributed by atoms with Crippen LogP contribution in [0.4, 0.5) is 13.2 Å². The van der Waals surface area contributed by atoms with Crippen LogP contribution in [0, 0.1) is 11.8 Å². The fraction of sp³-hybridized carbons (Fsp3) is 0.500. The highest BCUT2D eigenvalue weighted by Gasteiger charge is 2.30. The molecule has 0 amide bonds. The van der Waals surface area contributed by atoms with Crippen molar-refractivity contribution >= 4 is 5.78 Å². The number of Topliss-reactive ketones (excluding diaryl/α,β-unsaturated/α-hetero) is 1. The fourth-order valence-corrected chi connectivity index (χ4v) is 1.97. The van der Waals surface area contributed by atoms with Crippen LogP contribution in [0.2, 0.25) is 0 Å². The summed E-state index contributed by atoms with van der Waals surface area (Å²) in [5, 5.41) is 0. The van der Waals surface area contributed by atoms with Crippen LogP contribution >= 0.6 is 0 Å². The van der Waals surface area contributed by atoms with E-state index in [-0.39, 0.29) is 30.6 Å². The molecule has 0 aromatic heterocycles. The molecule has 0 aliphatic heterocycles. The normalized spacial score (nSPS) is 13.6. The molecular weight excluding hydrogens is 255 g/mol. The summed E-state index contributed by atoms with van der Waals surface area (Å²) in [5.74, 6) is -0.338. The minimum absolute atomic E-state index is 0.00995. The Bertz CT molecular complexity index is 441. The van der Waals surface area contributed by atoms with Crippen LogP contribution in [0.5, 0.6) is 0 Å². The number of benzene rings is 1. The number of alkyl halides is 3. The molecule has 19 heavy (non-hydrogen) atoms. The predicted molar refractivity (Wildman–Crippen MR) is 67.5 cm³/mol. The number of halogens is 3. The van der Waals surface area contributed by atoms with E-state index < -0.39 is 11.7 Å². The maximum Gasteiger partial charge on any atom is 0.416 e. The van der Waals surface area contributed by atoms with Crippen molar-refractivity contribution in [2.24, 2.45) is 17.6 Å². The maximum absolute atomic E-state index is 12.6. The highest BCUT2D eigenvalue weighted by atomic mass is 19.4. The topological polar surface area (TPSA) is 43.1 Å². The van der Waals surface area contributed by atoms with Gasteiger partial charge in [0.25, 0.3) is 0 Å². The summed E-state index contributed by atoms with van der Waals surface area (Å²) in [5.41, 5.74) is 5.17. The Balaban J connectivity index is 2.86. The van der Waals surface area contributed by atoms with Crippen molar-refractivity contribution in [2.75, 3.05) is 6.54 Å². The highest BCUT2D eigenvalue weighted by Crippen LogP contribution is 2.29. The van der Waals surface area contributed by atoms with E-state index >= 15 is 0 Å². The molecule has 0 spiro atoms. The second-order valence-corrected chi connectivity index (χ2v) is 4.93. The number of nitrogens with two attached hydrogens (primary N) is 1. The molecule has 1 aromatic carbocycles. The van der Waals surface area contributed by atoms with Gasteiger partial charge in [-0.3, -0.25) is 4.79 Å². The Morgan fingerprint density at radius 2 is 1.95 bits per heavy atom. The number of carbonyl (C=O) groups is 1. The minimum Gasteiger partial charge on any atom is -0.330 e. The molecule has 0 bridgehead atoms. The molecule has 1 rings (SSSR count). The number of carbonyl (C=O) groups excluding carboxylic acids is 1. The van der Waals surface area contributed by atoms with Gasteiger partial charge < -0.3 is 5.73 Å². The zero-order valence-corrected chi connectivity index (χ0v) is 11.0. The van der Waals surface area contributed by atoms with E-state index in [1.54, 1.807) is 0 Å². The van der Waals surface area contributed by atoms with E-state index in [0.717, 1.165) is 12.1 Å². The van der Waals surface area contributed by atoms with E-state index in [0.29, 0.717) is 5.56 Å². The minimum atomic E-state index is -4.38. The third-order valence-electron chi connectivity index (χ3n) is 3.10. The molecule has 0 heterocycles. The van der Waals surface area contributed by atoms with Gasteiger partial charge in [0.05, 0.1) is 5.56 Å². The van der Waals surface area contributed by atoms with Crippen LogP contribution < -0.4 is 5.73 Å². The van der Waals surface area contributed by atoms with Gasteiger partial charge in [-0.2, -0.15) is 13.2 Å². The summed E-state index contributed by atoms with van der Waals surface area (Å²) in [6, 6.07) is 4.86. The van der Waals surface area contributed by atoms with Crippen molar-refractivity contribution < 1.29 is 18.0 Å². The Morgan fingerprint density at radius 1 is 1.32 bits per heavy atom. The molecule has 1 aromatic rings. The number of hydrogen-bond acceptors (Lipinski definition) is 2. The lowest BCUT2D eigenvalue weighted by atomic mass is 9.88. The molecule has 1 atom stereocenters. The first-order valence-corrected chi connectivity index (χ1v) is 6.14. The van der Waals surface area contributed by atoms with E-state index in [9.17, 15) is 18.0 Å². The molecule has 106 valence electrons. The largest absolute Gasteiger partial charge is 0.416 e. The van der Waals surface area contributed by atoms with Gasteiger partial charge in [0.2, 0.25) is 0 Å². The number of rotatable bonds is 5. The van der Waals surface area contributed by atoms with Gasteiger partial charge >= 0.3 is 6.18 Å². The maximum atomic E-state index is 12.6. The molecule has 2 N–H and O–H groups in total. The first-order valence-electron chi connectivity index (χ1n) is 6.14. The highest BCUT2D eigenvalue weighted by molar-refractivity contribution is 5.83. The summed E-state index contributed by atoms with van der Waals surface area (Å²) in [6.45, 7) is 3.97. The second kappa shape index (κ2) is 6.19. The summed E-state index contributed by atoms with van der Waals surface area (Å²) in [4.78, 5) is 12.0. The molecule has 0 saturated heterocycles. The van der Waals surface area contributed by atoms with Crippen LogP contribution in [0.15, 0.2) is 24.3 Å². The molecule has 0 aliphatic carbocycles. The average molecular weight is 273 g/mol. The van der Waals surface area contributed by atoms with Crippen LogP contribution in [0.1, 0.15) is 25.0 Å². The first kappa shape index (κ1) is 15.7. The average Bonchev–Trinajstić information content (AvgIpc) is 2.28.